The van der Waals surface area contributed by atoms with Crippen molar-refractivity contribution >= 4 is 0 Å². The van der Waals surface area contributed by atoms with Gasteiger partial charge in [-0.05, 0) is 30.7 Å². The van der Waals surface area contributed by atoms with Gasteiger partial charge in [0.1, 0.15) is 5.82 Å². The van der Waals surface area contributed by atoms with Crippen LogP contribution in [0.1, 0.15) is 18.6 Å². The Labute approximate surface area is 103 Å². The number of halogens is 2. The van der Waals surface area contributed by atoms with E-state index in [0.717, 1.165) is 12.1 Å². The molecule has 0 amide bonds. The Morgan fingerprint density at radius 1 is 1.22 bits per heavy atom. The van der Waals surface area contributed by atoms with Crippen molar-refractivity contribution in [3.63, 3.8) is 0 Å². The minimum atomic E-state index is -0.806. The molecule has 0 aliphatic carbocycles. The molecule has 5 heteroatoms. The maximum Gasteiger partial charge on any atom is 0.219 e. The van der Waals surface area contributed by atoms with E-state index in [2.05, 4.69) is 4.98 Å². The van der Waals surface area contributed by atoms with Gasteiger partial charge in [0, 0.05) is 18.3 Å². The van der Waals surface area contributed by atoms with Crippen LogP contribution in [0.2, 0.25) is 0 Å². The zero-order chi connectivity index (χ0) is 13.1. The Morgan fingerprint density at radius 3 is 2.67 bits per heavy atom. The van der Waals surface area contributed by atoms with Crippen molar-refractivity contribution in [2.45, 2.75) is 13.0 Å². The molecule has 0 spiro atoms. The molecule has 1 aromatic carbocycles. The highest BCUT2D eigenvalue weighted by Gasteiger charge is 2.08. The van der Waals surface area contributed by atoms with Crippen LogP contribution in [0.25, 0.3) is 0 Å². The molecule has 0 radical (unpaired) electrons. The van der Waals surface area contributed by atoms with Crippen LogP contribution in [-0.2, 0) is 0 Å². The molecule has 0 aliphatic rings. The average Bonchev–Trinajstić information content (AvgIpc) is 2.33. The van der Waals surface area contributed by atoms with E-state index in [1.807, 2.05) is 0 Å². The van der Waals surface area contributed by atoms with E-state index < -0.39 is 17.7 Å². The van der Waals surface area contributed by atoms with E-state index in [0.29, 0.717) is 5.56 Å². The first kappa shape index (κ1) is 12.4. The van der Waals surface area contributed by atoms with Gasteiger partial charge in [0.25, 0.3) is 0 Å². The minimum Gasteiger partial charge on any atom is -0.436 e. The van der Waals surface area contributed by atoms with Gasteiger partial charge in [-0.3, -0.25) is 0 Å². The van der Waals surface area contributed by atoms with Gasteiger partial charge >= 0.3 is 0 Å². The van der Waals surface area contributed by atoms with Crippen molar-refractivity contribution in [2.75, 3.05) is 0 Å². The fourth-order valence-electron chi connectivity index (χ4n) is 1.41. The van der Waals surface area contributed by atoms with E-state index in [-0.39, 0.29) is 11.6 Å². The highest BCUT2D eigenvalue weighted by atomic mass is 19.1. The molecular formula is C13H11F2NO2. The topological polar surface area (TPSA) is 42.4 Å². The number of hydrogen-bond donors (Lipinski definition) is 1. The number of benzene rings is 1. The van der Waals surface area contributed by atoms with Gasteiger partial charge in [0.05, 0.1) is 6.10 Å². The summed E-state index contributed by atoms with van der Waals surface area (Å²) >= 11 is 0. The summed E-state index contributed by atoms with van der Waals surface area (Å²) in [5, 5.41) is 9.40. The van der Waals surface area contributed by atoms with Gasteiger partial charge < -0.3 is 9.84 Å². The molecule has 1 atom stereocenters. The number of pyridine rings is 1. The van der Waals surface area contributed by atoms with Crippen LogP contribution < -0.4 is 4.74 Å². The zero-order valence-electron chi connectivity index (χ0n) is 9.60. The third kappa shape index (κ3) is 2.81. The molecule has 0 saturated heterocycles. The van der Waals surface area contributed by atoms with Gasteiger partial charge in [0.15, 0.2) is 11.6 Å². The van der Waals surface area contributed by atoms with Crippen LogP contribution in [-0.4, -0.2) is 10.1 Å². The summed E-state index contributed by atoms with van der Waals surface area (Å²) in [6.07, 6.45) is 0.771. The predicted molar refractivity (Wildman–Crippen MR) is 61.3 cm³/mol. The molecule has 0 bridgehead atoms. The summed E-state index contributed by atoms with van der Waals surface area (Å²) in [5.74, 6) is -1.46. The highest BCUT2D eigenvalue weighted by Crippen LogP contribution is 2.25. The van der Waals surface area contributed by atoms with E-state index in [1.54, 1.807) is 13.0 Å². The molecule has 18 heavy (non-hydrogen) atoms. The largest absolute Gasteiger partial charge is 0.436 e. The number of aliphatic hydroxyl groups excluding tert-OH is 1. The number of ether oxygens (including phenoxy) is 1. The van der Waals surface area contributed by atoms with Crippen LogP contribution in [0.4, 0.5) is 8.78 Å². The lowest BCUT2D eigenvalue weighted by molar-refractivity contribution is 0.198. The zero-order valence-corrected chi connectivity index (χ0v) is 9.60. The quantitative estimate of drug-likeness (QED) is 0.910. The fraction of sp³-hybridized carbons (Fsp3) is 0.154. The van der Waals surface area contributed by atoms with Gasteiger partial charge in [-0.1, -0.05) is 0 Å². The predicted octanol–water partition coefficient (Wildman–Crippen LogP) is 3.21. The number of nitrogens with zero attached hydrogens (tertiary/aromatic N) is 1. The average molecular weight is 251 g/mol. The number of aliphatic hydroxyl groups is 1. The van der Waals surface area contributed by atoms with Gasteiger partial charge in [0.2, 0.25) is 5.88 Å². The van der Waals surface area contributed by atoms with Crippen LogP contribution in [0.5, 0.6) is 11.6 Å². The number of aromatic nitrogens is 1. The number of hydrogen-bond acceptors (Lipinski definition) is 3. The number of rotatable bonds is 3. The van der Waals surface area contributed by atoms with Crippen LogP contribution in [0.15, 0.2) is 36.5 Å². The summed E-state index contributed by atoms with van der Waals surface area (Å²) in [4.78, 5) is 3.89. The molecule has 1 aromatic heterocycles. The third-order valence-corrected chi connectivity index (χ3v) is 2.35. The fourth-order valence-corrected chi connectivity index (χ4v) is 1.41. The minimum absolute atomic E-state index is 0.119. The molecule has 0 aliphatic heterocycles. The van der Waals surface area contributed by atoms with Crippen LogP contribution in [0.3, 0.4) is 0 Å². The maximum atomic E-state index is 13.4. The SMILES string of the molecule is C[C@@H](O)c1ccnc(Oc2ccc(F)cc2F)c1. The second kappa shape index (κ2) is 5.10. The first-order valence-corrected chi connectivity index (χ1v) is 5.33. The normalized spacial score (nSPS) is 12.2. The highest BCUT2D eigenvalue weighted by molar-refractivity contribution is 5.31. The lowest BCUT2D eigenvalue weighted by atomic mass is 10.2. The molecule has 1 heterocycles. The van der Waals surface area contributed by atoms with Crippen molar-refractivity contribution in [3.8, 4) is 11.6 Å². The second-order valence-corrected chi connectivity index (χ2v) is 3.78. The van der Waals surface area contributed by atoms with Gasteiger partial charge in [-0.25, -0.2) is 13.8 Å². The summed E-state index contributed by atoms with van der Waals surface area (Å²) in [7, 11) is 0. The van der Waals surface area contributed by atoms with Crippen molar-refractivity contribution in [1.29, 1.82) is 0 Å². The standard InChI is InChI=1S/C13H11F2NO2/c1-8(17)9-4-5-16-13(6-9)18-12-3-2-10(14)7-11(12)15/h2-8,17H,1H3/t8-/m1/s1. The van der Waals surface area contributed by atoms with Crippen LogP contribution >= 0.6 is 0 Å². The lowest BCUT2D eigenvalue weighted by Gasteiger charge is -2.08. The molecule has 2 rings (SSSR count). The van der Waals surface area contributed by atoms with E-state index in [4.69, 9.17) is 4.74 Å². The molecular weight excluding hydrogens is 240 g/mol. The Morgan fingerprint density at radius 2 is 2.00 bits per heavy atom. The molecule has 2 aromatic rings. The Balaban J connectivity index is 2.25. The maximum absolute atomic E-state index is 13.4. The molecule has 3 nitrogen and oxygen atoms in total. The molecule has 1 N–H and O–H groups in total. The lowest BCUT2D eigenvalue weighted by Crippen LogP contribution is -1.95. The van der Waals surface area contributed by atoms with Crippen molar-refractivity contribution in [2.24, 2.45) is 0 Å². The monoisotopic (exact) mass is 251 g/mol. The van der Waals surface area contributed by atoms with Crippen molar-refractivity contribution in [3.05, 3.63) is 53.7 Å². The first-order valence-electron chi connectivity index (χ1n) is 5.33. The van der Waals surface area contributed by atoms with Crippen molar-refractivity contribution < 1.29 is 18.6 Å². The molecule has 0 fully saturated rings. The summed E-state index contributed by atoms with van der Waals surface area (Å²) in [6.45, 7) is 1.59. The van der Waals surface area contributed by atoms with Gasteiger partial charge in [-0.15, -0.1) is 0 Å². The summed E-state index contributed by atoms with van der Waals surface area (Å²) in [5.41, 5.74) is 0.600. The molecule has 0 saturated carbocycles. The van der Waals surface area contributed by atoms with Crippen molar-refractivity contribution in [1.82, 2.24) is 4.98 Å². The smallest absolute Gasteiger partial charge is 0.219 e. The Hall–Kier alpha value is -2.01. The van der Waals surface area contributed by atoms with E-state index >= 15 is 0 Å². The first-order chi connectivity index (χ1) is 8.56. The van der Waals surface area contributed by atoms with Gasteiger partial charge in [-0.2, -0.15) is 0 Å². The summed E-state index contributed by atoms with van der Waals surface area (Å²) in [6, 6.07) is 6.12. The van der Waals surface area contributed by atoms with E-state index in [1.165, 1.54) is 18.3 Å². The third-order valence-electron chi connectivity index (χ3n) is 2.35. The van der Waals surface area contributed by atoms with E-state index in [9.17, 15) is 13.9 Å². The second-order valence-electron chi connectivity index (χ2n) is 3.78. The molecule has 0 unspecified atom stereocenters. The Bertz CT molecular complexity index is 558. The molecule has 94 valence electrons. The summed E-state index contributed by atoms with van der Waals surface area (Å²) < 4.78 is 31.3. The Kier molecular flexibility index (Phi) is 3.53. The van der Waals surface area contributed by atoms with Crippen LogP contribution in [0, 0.1) is 11.6 Å².